The summed E-state index contributed by atoms with van der Waals surface area (Å²) in [4.78, 5) is 0. The van der Waals surface area contributed by atoms with Crippen LogP contribution in [0.5, 0.6) is 0 Å². The molecule has 0 aromatic heterocycles. The van der Waals surface area contributed by atoms with E-state index >= 15 is 0 Å². The average Bonchev–Trinajstić information content (AvgIpc) is 3.14. The Morgan fingerprint density at radius 2 is 0.543 bits per heavy atom. The fraction of sp³-hybridized carbons (Fsp3) is 0. The van der Waals surface area contributed by atoms with Crippen LogP contribution in [0.3, 0.4) is 0 Å². The molecule has 0 N–H and O–H groups in total. The van der Waals surface area contributed by atoms with Gasteiger partial charge in [0, 0.05) is 0 Å². The molecule has 0 spiro atoms. The summed E-state index contributed by atoms with van der Waals surface area (Å²) < 4.78 is 0. The molecule has 46 heavy (non-hydrogen) atoms. The average molecular weight is 583 g/mol. The summed E-state index contributed by atoms with van der Waals surface area (Å²) in [7, 11) is 0. The van der Waals surface area contributed by atoms with Crippen LogP contribution in [0.4, 0.5) is 0 Å². The van der Waals surface area contributed by atoms with Gasteiger partial charge in [-0.2, -0.15) is 0 Å². The Hall–Kier alpha value is -5.98. The summed E-state index contributed by atoms with van der Waals surface area (Å²) in [6.45, 7) is 0. The molecule has 0 bridgehead atoms. The van der Waals surface area contributed by atoms with Crippen LogP contribution >= 0.6 is 0 Å². The van der Waals surface area contributed by atoms with Crippen LogP contribution < -0.4 is 0 Å². The van der Waals surface area contributed by atoms with Crippen LogP contribution in [-0.4, -0.2) is 0 Å². The van der Waals surface area contributed by atoms with Crippen LogP contribution in [0.25, 0.3) is 87.6 Å². The van der Waals surface area contributed by atoms with Gasteiger partial charge in [-0.3, -0.25) is 0 Å². The van der Waals surface area contributed by atoms with Crippen molar-refractivity contribution in [2.24, 2.45) is 0 Å². The molecule has 9 aromatic carbocycles. The van der Waals surface area contributed by atoms with Crippen molar-refractivity contribution in [1.29, 1.82) is 0 Å². The number of rotatable bonds is 4. The second kappa shape index (κ2) is 10.9. The van der Waals surface area contributed by atoms with Crippen molar-refractivity contribution in [2.45, 2.75) is 0 Å². The second-order valence-corrected chi connectivity index (χ2v) is 12.0. The zero-order chi connectivity index (χ0) is 30.5. The Morgan fingerprint density at radius 3 is 1.07 bits per heavy atom. The van der Waals surface area contributed by atoms with Crippen molar-refractivity contribution < 1.29 is 0 Å². The third-order valence-corrected chi connectivity index (χ3v) is 9.50. The molecule has 214 valence electrons. The van der Waals surface area contributed by atoms with E-state index in [0.29, 0.717) is 0 Å². The highest BCUT2D eigenvalue weighted by Gasteiger charge is 2.14. The summed E-state index contributed by atoms with van der Waals surface area (Å²) >= 11 is 0. The highest BCUT2D eigenvalue weighted by molar-refractivity contribution is 6.17. The van der Waals surface area contributed by atoms with Crippen molar-refractivity contribution >= 4 is 43.1 Å². The molecule has 0 saturated carbocycles. The smallest absolute Gasteiger partial charge is 0.00928 e. The Balaban J connectivity index is 1.16. The Kier molecular flexibility index (Phi) is 6.25. The molecule has 0 heterocycles. The first-order valence-corrected chi connectivity index (χ1v) is 15.9. The summed E-state index contributed by atoms with van der Waals surface area (Å²) in [6, 6.07) is 66.4. The van der Waals surface area contributed by atoms with Crippen molar-refractivity contribution in [3.05, 3.63) is 182 Å². The van der Waals surface area contributed by atoms with Gasteiger partial charge in [0.15, 0.2) is 0 Å². The molecule has 0 saturated heterocycles. The van der Waals surface area contributed by atoms with E-state index in [2.05, 4.69) is 182 Å². The minimum absolute atomic E-state index is 1.22. The molecule has 0 atom stereocenters. The Morgan fingerprint density at radius 1 is 0.196 bits per heavy atom. The van der Waals surface area contributed by atoms with Crippen LogP contribution in [0.15, 0.2) is 182 Å². The quantitative estimate of drug-likeness (QED) is 0.181. The van der Waals surface area contributed by atoms with Crippen LogP contribution in [0.1, 0.15) is 0 Å². The summed E-state index contributed by atoms with van der Waals surface area (Å²) in [5, 5.41) is 10.2. The number of hydrogen-bond acceptors (Lipinski definition) is 0. The molecule has 9 rings (SSSR count). The van der Waals surface area contributed by atoms with E-state index < -0.39 is 0 Å². The van der Waals surface area contributed by atoms with Crippen molar-refractivity contribution in [2.75, 3.05) is 0 Å². The first-order chi connectivity index (χ1) is 22.8. The minimum Gasteiger partial charge on any atom is -0.0622 e. The van der Waals surface area contributed by atoms with Gasteiger partial charge in [-0.05, 0) is 93.7 Å². The van der Waals surface area contributed by atoms with E-state index in [-0.39, 0.29) is 0 Å². The zero-order valence-corrected chi connectivity index (χ0v) is 25.3. The molecule has 9 aromatic rings. The maximum absolute atomic E-state index is 2.36. The lowest BCUT2D eigenvalue weighted by atomic mass is 9.88. The lowest BCUT2D eigenvalue weighted by molar-refractivity contribution is 1.61. The van der Waals surface area contributed by atoms with E-state index in [1.165, 1.54) is 87.6 Å². The second-order valence-electron chi connectivity index (χ2n) is 12.0. The van der Waals surface area contributed by atoms with Gasteiger partial charge in [-0.15, -0.1) is 0 Å². The van der Waals surface area contributed by atoms with Crippen LogP contribution in [0, 0.1) is 0 Å². The fourth-order valence-electron chi connectivity index (χ4n) is 7.31. The van der Waals surface area contributed by atoms with E-state index in [1.807, 2.05) is 0 Å². The Labute approximate surface area is 268 Å². The van der Waals surface area contributed by atoms with Gasteiger partial charge in [0.25, 0.3) is 0 Å². The fourth-order valence-corrected chi connectivity index (χ4v) is 7.31. The third-order valence-electron chi connectivity index (χ3n) is 9.50. The van der Waals surface area contributed by atoms with Gasteiger partial charge in [-0.25, -0.2) is 0 Å². The third kappa shape index (κ3) is 4.30. The predicted molar refractivity (Wildman–Crippen MR) is 198 cm³/mol. The van der Waals surface area contributed by atoms with Gasteiger partial charge in [-0.1, -0.05) is 176 Å². The lowest BCUT2D eigenvalue weighted by Gasteiger charge is -2.16. The van der Waals surface area contributed by atoms with E-state index in [9.17, 15) is 0 Å². The molecule has 0 aliphatic rings. The first-order valence-electron chi connectivity index (χ1n) is 15.9. The molecule has 0 nitrogen and oxygen atoms in total. The highest BCUT2D eigenvalue weighted by Crippen LogP contribution is 2.42. The van der Waals surface area contributed by atoms with Gasteiger partial charge in [0.2, 0.25) is 0 Å². The molecule has 0 aliphatic carbocycles. The standard InChI is InChI=1S/C46H30/c1-2-12-31(13-3-1)36-26-27-37(41-18-7-6-17-40(36)41)32-22-24-33(25-23-32)38-28-29-45(43-20-10-8-19-42(38)43)46-30-34-14-4-5-15-35(34)39-16-9-11-21-44(39)46/h1-30H. The summed E-state index contributed by atoms with van der Waals surface area (Å²) in [6.07, 6.45) is 0. The highest BCUT2D eigenvalue weighted by atomic mass is 14.2. The van der Waals surface area contributed by atoms with Crippen LogP contribution in [0.2, 0.25) is 0 Å². The predicted octanol–water partition coefficient (Wildman–Crippen LogP) is 13.0. The monoisotopic (exact) mass is 582 g/mol. The molecule has 0 heteroatoms. The van der Waals surface area contributed by atoms with Gasteiger partial charge >= 0.3 is 0 Å². The molecule has 0 unspecified atom stereocenters. The zero-order valence-electron chi connectivity index (χ0n) is 25.3. The molecule has 0 radical (unpaired) electrons. The minimum atomic E-state index is 1.22. The SMILES string of the molecule is c1ccc(-c2ccc(-c3ccc(-c4ccc(-c5cc6ccccc6c6ccccc56)c5ccccc45)cc3)c3ccccc23)cc1. The normalized spacial score (nSPS) is 11.5. The van der Waals surface area contributed by atoms with Crippen molar-refractivity contribution in [3.63, 3.8) is 0 Å². The van der Waals surface area contributed by atoms with Gasteiger partial charge < -0.3 is 0 Å². The molecule has 0 amide bonds. The summed E-state index contributed by atoms with van der Waals surface area (Å²) in [5.41, 5.74) is 10.0. The number of fused-ring (bicyclic) bond motifs is 5. The molecular weight excluding hydrogens is 553 g/mol. The lowest BCUT2D eigenvalue weighted by Crippen LogP contribution is -1.89. The Bertz CT molecular complexity index is 2560. The number of benzene rings is 9. The maximum atomic E-state index is 2.36. The molecular formula is C46H30. The van der Waals surface area contributed by atoms with Crippen LogP contribution in [-0.2, 0) is 0 Å². The summed E-state index contributed by atoms with van der Waals surface area (Å²) in [5.74, 6) is 0. The molecule has 0 fully saturated rings. The van der Waals surface area contributed by atoms with E-state index in [0.717, 1.165) is 0 Å². The van der Waals surface area contributed by atoms with Crippen molar-refractivity contribution in [1.82, 2.24) is 0 Å². The largest absolute Gasteiger partial charge is 0.0622 e. The maximum Gasteiger partial charge on any atom is -0.00928 e. The van der Waals surface area contributed by atoms with E-state index in [4.69, 9.17) is 0 Å². The topological polar surface area (TPSA) is 0 Å². The van der Waals surface area contributed by atoms with Gasteiger partial charge in [0.05, 0.1) is 0 Å². The first kappa shape index (κ1) is 26.4. The number of hydrogen-bond donors (Lipinski definition) is 0. The van der Waals surface area contributed by atoms with E-state index in [1.54, 1.807) is 0 Å². The van der Waals surface area contributed by atoms with Gasteiger partial charge in [0.1, 0.15) is 0 Å². The molecule has 0 aliphatic heterocycles. The van der Waals surface area contributed by atoms with Crippen molar-refractivity contribution in [3.8, 4) is 44.5 Å².